The largest absolute Gasteiger partial charge is 0.369 e. The Bertz CT molecular complexity index is 674. The van der Waals surface area contributed by atoms with Crippen molar-refractivity contribution >= 4 is 5.69 Å². The Morgan fingerprint density at radius 1 is 1.04 bits per heavy atom. The predicted octanol–water partition coefficient (Wildman–Crippen LogP) is 3.22. The maximum Gasteiger partial charge on any atom is 0.230 e. The highest BCUT2D eigenvalue weighted by Crippen LogP contribution is 2.27. The molecule has 1 aliphatic heterocycles. The third-order valence-corrected chi connectivity index (χ3v) is 4.96. The van der Waals surface area contributed by atoms with Crippen molar-refractivity contribution in [3.05, 3.63) is 54.2 Å². The number of aromatic nitrogens is 2. The first-order valence-electron chi connectivity index (χ1n) is 8.88. The molecule has 2 aromatic rings. The fourth-order valence-electron chi connectivity index (χ4n) is 3.52. The number of hydrogen-bond donors (Lipinski definition) is 0. The molecule has 1 unspecified atom stereocenters. The average Bonchev–Trinajstić information content (AvgIpc) is 3.12. The summed E-state index contributed by atoms with van der Waals surface area (Å²) in [5, 5.41) is 4.20. The van der Waals surface area contributed by atoms with E-state index < -0.39 is 0 Å². The van der Waals surface area contributed by atoms with Crippen LogP contribution in [0.4, 0.5) is 5.69 Å². The minimum absolute atomic E-state index is 0.408. The maximum atomic E-state index is 5.50. The summed E-state index contributed by atoms with van der Waals surface area (Å²) in [7, 11) is 0. The van der Waals surface area contributed by atoms with E-state index >= 15 is 0 Å². The summed E-state index contributed by atoms with van der Waals surface area (Å²) < 4.78 is 5.50. The molecule has 0 amide bonds. The first-order chi connectivity index (χ1) is 11.9. The van der Waals surface area contributed by atoms with Crippen molar-refractivity contribution < 1.29 is 4.52 Å². The van der Waals surface area contributed by atoms with Crippen LogP contribution in [0.1, 0.15) is 36.9 Å². The van der Waals surface area contributed by atoms with Gasteiger partial charge in [0.15, 0.2) is 5.82 Å². The standard InChI is InChI=1S/C19H24N4O/c1-3-7-16(8-4-1)19-20-18(21-24-19)15-22-11-13-23(14-12-22)17-9-5-2-6-10-17/h1-3,5-6,9-10,16H,4,7-8,11-15H2. The van der Waals surface area contributed by atoms with Crippen LogP contribution < -0.4 is 4.90 Å². The van der Waals surface area contributed by atoms with Crippen molar-refractivity contribution in [2.45, 2.75) is 31.7 Å². The molecule has 1 aliphatic carbocycles. The second-order valence-electron chi connectivity index (χ2n) is 6.63. The van der Waals surface area contributed by atoms with Crippen LogP contribution in [0.5, 0.6) is 0 Å². The molecule has 1 atom stereocenters. The van der Waals surface area contributed by atoms with Crippen LogP contribution in [-0.4, -0.2) is 41.2 Å². The molecule has 2 aliphatic rings. The lowest BCUT2D eigenvalue weighted by Crippen LogP contribution is -2.46. The maximum absolute atomic E-state index is 5.50. The zero-order valence-electron chi connectivity index (χ0n) is 14.0. The van der Waals surface area contributed by atoms with Gasteiger partial charge in [-0.2, -0.15) is 4.98 Å². The van der Waals surface area contributed by atoms with E-state index in [0.29, 0.717) is 5.92 Å². The molecule has 1 fully saturated rings. The Morgan fingerprint density at radius 2 is 1.88 bits per heavy atom. The van der Waals surface area contributed by atoms with Gasteiger partial charge in [-0.05, 0) is 31.4 Å². The van der Waals surface area contributed by atoms with E-state index in [1.54, 1.807) is 0 Å². The van der Waals surface area contributed by atoms with Crippen LogP contribution in [0, 0.1) is 0 Å². The van der Waals surface area contributed by atoms with Crippen LogP contribution in [0.3, 0.4) is 0 Å². The van der Waals surface area contributed by atoms with Gasteiger partial charge in [0.05, 0.1) is 6.54 Å². The van der Waals surface area contributed by atoms with E-state index in [1.165, 1.54) is 5.69 Å². The molecule has 24 heavy (non-hydrogen) atoms. The third kappa shape index (κ3) is 3.51. The fraction of sp³-hybridized carbons (Fsp3) is 0.474. The van der Waals surface area contributed by atoms with Crippen LogP contribution in [0.2, 0.25) is 0 Å². The van der Waals surface area contributed by atoms with Gasteiger partial charge in [0, 0.05) is 37.8 Å². The molecule has 5 nitrogen and oxygen atoms in total. The molecule has 2 heterocycles. The number of anilines is 1. The second-order valence-corrected chi connectivity index (χ2v) is 6.63. The van der Waals surface area contributed by atoms with Crippen molar-refractivity contribution in [1.82, 2.24) is 15.0 Å². The highest BCUT2D eigenvalue weighted by Gasteiger charge is 2.22. The van der Waals surface area contributed by atoms with Crippen LogP contribution in [0.25, 0.3) is 0 Å². The van der Waals surface area contributed by atoms with Gasteiger partial charge >= 0.3 is 0 Å². The highest BCUT2D eigenvalue weighted by molar-refractivity contribution is 5.46. The first kappa shape index (κ1) is 15.4. The monoisotopic (exact) mass is 324 g/mol. The predicted molar refractivity (Wildman–Crippen MR) is 94.0 cm³/mol. The number of para-hydroxylation sites is 1. The quantitative estimate of drug-likeness (QED) is 0.808. The number of allylic oxidation sites excluding steroid dienone is 2. The fourth-order valence-corrected chi connectivity index (χ4v) is 3.52. The Hall–Kier alpha value is -2.14. The number of benzene rings is 1. The van der Waals surface area contributed by atoms with E-state index in [2.05, 4.69) is 62.4 Å². The molecule has 0 radical (unpaired) electrons. The minimum atomic E-state index is 0.408. The molecule has 5 heteroatoms. The summed E-state index contributed by atoms with van der Waals surface area (Å²) in [5.41, 5.74) is 1.31. The van der Waals surface area contributed by atoms with Crippen molar-refractivity contribution in [3.8, 4) is 0 Å². The van der Waals surface area contributed by atoms with Gasteiger partial charge in [-0.1, -0.05) is 35.5 Å². The SMILES string of the molecule is C1=CCC(c2nc(CN3CCN(c4ccccc4)CC3)no2)CC1. The summed E-state index contributed by atoms with van der Waals surface area (Å²) in [6.07, 6.45) is 7.72. The van der Waals surface area contributed by atoms with Crippen LogP contribution >= 0.6 is 0 Å². The number of piperazine rings is 1. The van der Waals surface area contributed by atoms with E-state index in [-0.39, 0.29) is 0 Å². The van der Waals surface area contributed by atoms with Crippen molar-refractivity contribution in [2.24, 2.45) is 0 Å². The Labute approximate surface area is 143 Å². The molecule has 1 aromatic heterocycles. The molecule has 0 bridgehead atoms. The zero-order valence-corrected chi connectivity index (χ0v) is 14.0. The van der Waals surface area contributed by atoms with E-state index in [4.69, 9.17) is 4.52 Å². The van der Waals surface area contributed by atoms with Gasteiger partial charge in [0.2, 0.25) is 5.89 Å². The molecular formula is C19H24N4O. The topological polar surface area (TPSA) is 45.4 Å². The number of rotatable bonds is 4. The Kier molecular flexibility index (Phi) is 4.60. The van der Waals surface area contributed by atoms with Gasteiger partial charge in [-0.25, -0.2) is 0 Å². The molecule has 4 rings (SSSR count). The summed E-state index contributed by atoms with van der Waals surface area (Å²) >= 11 is 0. The zero-order chi connectivity index (χ0) is 16.2. The van der Waals surface area contributed by atoms with Gasteiger partial charge in [-0.15, -0.1) is 0 Å². The van der Waals surface area contributed by atoms with Gasteiger partial charge in [0.25, 0.3) is 0 Å². The molecule has 1 aromatic carbocycles. The Morgan fingerprint density at radius 3 is 2.62 bits per heavy atom. The van der Waals surface area contributed by atoms with Gasteiger partial charge in [0.1, 0.15) is 0 Å². The first-order valence-corrected chi connectivity index (χ1v) is 8.88. The normalized spacial score (nSPS) is 22.0. The molecule has 126 valence electrons. The Balaban J connectivity index is 1.31. The van der Waals surface area contributed by atoms with E-state index in [0.717, 1.165) is 63.7 Å². The molecule has 1 saturated heterocycles. The third-order valence-electron chi connectivity index (χ3n) is 4.96. The summed E-state index contributed by atoms with van der Waals surface area (Å²) in [5.74, 6) is 2.05. The lowest BCUT2D eigenvalue weighted by molar-refractivity contribution is 0.239. The van der Waals surface area contributed by atoms with E-state index in [9.17, 15) is 0 Å². The lowest BCUT2D eigenvalue weighted by Gasteiger charge is -2.35. The summed E-state index contributed by atoms with van der Waals surface area (Å²) in [6, 6.07) is 10.6. The van der Waals surface area contributed by atoms with Crippen molar-refractivity contribution in [3.63, 3.8) is 0 Å². The van der Waals surface area contributed by atoms with Gasteiger partial charge < -0.3 is 9.42 Å². The lowest BCUT2D eigenvalue weighted by atomic mass is 9.94. The average molecular weight is 324 g/mol. The van der Waals surface area contributed by atoms with Crippen molar-refractivity contribution in [2.75, 3.05) is 31.1 Å². The second kappa shape index (κ2) is 7.18. The molecule has 0 N–H and O–H groups in total. The van der Waals surface area contributed by atoms with Crippen LogP contribution in [-0.2, 0) is 6.54 Å². The highest BCUT2D eigenvalue weighted by atomic mass is 16.5. The molecule has 0 spiro atoms. The molecule has 0 saturated carbocycles. The summed E-state index contributed by atoms with van der Waals surface area (Å²) in [4.78, 5) is 9.49. The van der Waals surface area contributed by atoms with Gasteiger partial charge in [-0.3, -0.25) is 4.90 Å². The van der Waals surface area contributed by atoms with Crippen LogP contribution in [0.15, 0.2) is 47.0 Å². The summed E-state index contributed by atoms with van der Waals surface area (Å²) in [6.45, 7) is 4.94. The van der Waals surface area contributed by atoms with E-state index in [1.807, 2.05) is 0 Å². The smallest absolute Gasteiger partial charge is 0.230 e. The van der Waals surface area contributed by atoms with Crippen molar-refractivity contribution in [1.29, 1.82) is 0 Å². The number of nitrogens with zero attached hydrogens (tertiary/aromatic N) is 4. The molecular weight excluding hydrogens is 300 g/mol. The number of hydrogen-bond acceptors (Lipinski definition) is 5. The minimum Gasteiger partial charge on any atom is -0.369 e.